The van der Waals surface area contributed by atoms with Crippen LogP contribution in [0.15, 0.2) is 88.7 Å². The summed E-state index contributed by atoms with van der Waals surface area (Å²) in [4.78, 5) is 41.1. The molecule has 4 amide bonds. The topological polar surface area (TPSA) is 78.5 Å². The van der Waals surface area contributed by atoms with Crippen molar-refractivity contribution in [1.29, 1.82) is 0 Å². The molecular weight excluding hydrogens is 470 g/mol. The fourth-order valence-electron chi connectivity index (χ4n) is 3.72. The molecule has 6 nitrogen and oxygen atoms in total. The van der Waals surface area contributed by atoms with Crippen molar-refractivity contribution in [2.45, 2.75) is 35.1 Å². The van der Waals surface area contributed by atoms with Gasteiger partial charge >= 0.3 is 6.03 Å². The number of nitrogens with one attached hydrogen (secondary N) is 2. The van der Waals surface area contributed by atoms with Crippen LogP contribution in [-0.2, 0) is 16.0 Å². The largest absolute Gasteiger partial charge is 0.325 e. The summed E-state index contributed by atoms with van der Waals surface area (Å²) in [6, 6.07) is 24.0. The minimum Gasteiger partial charge on any atom is -0.323 e. The van der Waals surface area contributed by atoms with E-state index in [-0.39, 0.29) is 6.54 Å². The van der Waals surface area contributed by atoms with E-state index in [0.717, 1.165) is 20.3 Å². The maximum absolute atomic E-state index is 13.0. The van der Waals surface area contributed by atoms with E-state index in [4.69, 9.17) is 11.6 Å². The van der Waals surface area contributed by atoms with Crippen LogP contribution >= 0.6 is 23.4 Å². The summed E-state index contributed by atoms with van der Waals surface area (Å²) in [6.07, 6.45) is 1.08. The van der Waals surface area contributed by atoms with Gasteiger partial charge in [0.15, 0.2) is 0 Å². The predicted molar refractivity (Wildman–Crippen MR) is 134 cm³/mol. The van der Waals surface area contributed by atoms with Gasteiger partial charge in [-0.1, -0.05) is 65.8 Å². The molecule has 1 saturated heterocycles. The van der Waals surface area contributed by atoms with E-state index < -0.39 is 23.4 Å². The second-order valence-corrected chi connectivity index (χ2v) is 9.79. The van der Waals surface area contributed by atoms with Gasteiger partial charge in [-0.3, -0.25) is 14.5 Å². The molecule has 2 N–H and O–H groups in total. The smallest absolute Gasteiger partial charge is 0.323 e. The number of aryl methyl sites for hydroxylation is 1. The van der Waals surface area contributed by atoms with Crippen LogP contribution in [0.5, 0.6) is 0 Å². The Kier molecular flexibility index (Phi) is 7.24. The van der Waals surface area contributed by atoms with Gasteiger partial charge in [0.1, 0.15) is 12.1 Å². The Bertz CT molecular complexity index is 1200. The SMILES string of the molecule is C[C@]1(CCc2ccccc2)NC(=O)N(CC(=O)Nc2ccccc2Sc2ccc(Cl)cc2)C1=O. The number of halogens is 1. The van der Waals surface area contributed by atoms with Crippen molar-refractivity contribution < 1.29 is 14.4 Å². The number of carbonyl (C=O) groups excluding carboxylic acids is 3. The fraction of sp³-hybridized carbons (Fsp3) is 0.192. The summed E-state index contributed by atoms with van der Waals surface area (Å²) in [5, 5.41) is 6.24. The fourth-order valence-corrected chi connectivity index (χ4v) is 4.75. The molecule has 3 aromatic carbocycles. The molecule has 0 radical (unpaired) electrons. The van der Waals surface area contributed by atoms with Crippen molar-refractivity contribution in [1.82, 2.24) is 10.2 Å². The number of para-hydroxylation sites is 1. The van der Waals surface area contributed by atoms with E-state index in [0.29, 0.717) is 23.6 Å². The highest BCUT2D eigenvalue weighted by atomic mass is 35.5. The Hall–Kier alpha value is -3.29. The molecule has 1 aliphatic rings. The molecular formula is C26H24ClN3O3S. The average molecular weight is 494 g/mol. The van der Waals surface area contributed by atoms with Gasteiger partial charge in [-0.25, -0.2) is 4.79 Å². The number of benzene rings is 3. The van der Waals surface area contributed by atoms with Gasteiger partial charge in [0.25, 0.3) is 5.91 Å². The number of imide groups is 1. The lowest BCUT2D eigenvalue weighted by molar-refractivity contribution is -0.133. The zero-order chi connectivity index (χ0) is 24.1. The zero-order valence-electron chi connectivity index (χ0n) is 18.6. The molecule has 1 fully saturated rings. The van der Waals surface area contributed by atoms with Crippen molar-refractivity contribution in [3.63, 3.8) is 0 Å². The summed E-state index contributed by atoms with van der Waals surface area (Å²) < 4.78 is 0. The van der Waals surface area contributed by atoms with Crippen molar-refractivity contribution in [2.75, 3.05) is 11.9 Å². The molecule has 1 aliphatic heterocycles. The van der Waals surface area contributed by atoms with Crippen LogP contribution in [0.3, 0.4) is 0 Å². The molecule has 174 valence electrons. The monoisotopic (exact) mass is 493 g/mol. The Morgan fingerprint density at radius 3 is 2.41 bits per heavy atom. The highest BCUT2D eigenvalue weighted by molar-refractivity contribution is 7.99. The second-order valence-electron chi connectivity index (χ2n) is 8.24. The minimum atomic E-state index is -1.05. The summed E-state index contributed by atoms with van der Waals surface area (Å²) in [7, 11) is 0. The van der Waals surface area contributed by atoms with Crippen molar-refractivity contribution in [3.8, 4) is 0 Å². The van der Waals surface area contributed by atoms with Gasteiger partial charge in [-0.15, -0.1) is 0 Å². The molecule has 4 rings (SSSR count). The summed E-state index contributed by atoms with van der Waals surface area (Å²) >= 11 is 7.44. The maximum Gasteiger partial charge on any atom is 0.325 e. The van der Waals surface area contributed by atoms with Crippen LogP contribution in [0.1, 0.15) is 18.9 Å². The molecule has 1 atom stereocenters. The standard InChI is InChI=1S/C26H24ClN3O3S/c1-26(16-15-18-7-3-2-4-8-18)24(32)30(25(33)29-26)17-23(31)28-21-9-5-6-10-22(21)34-20-13-11-19(27)12-14-20/h2-14H,15-17H2,1H3,(H,28,31)(H,29,33)/t26-/m1/s1. The highest BCUT2D eigenvalue weighted by Gasteiger charge is 2.47. The predicted octanol–water partition coefficient (Wildman–Crippen LogP) is 5.37. The van der Waals surface area contributed by atoms with Crippen molar-refractivity contribution in [3.05, 3.63) is 89.4 Å². The van der Waals surface area contributed by atoms with Crippen LogP contribution in [0.4, 0.5) is 10.5 Å². The van der Waals surface area contributed by atoms with Crippen LogP contribution in [0.25, 0.3) is 0 Å². The van der Waals surface area contributed by atoms with Gasteiger partial charge in [-0.2, -0.15) is 0 Å². The first-order chi connectivity index (χ1) is 16.3. The number of carbonyl (C=O) groups is 3. The maximum atomic E-state index is 13.0. The van der Waals surface area contributed by atoms with Crippen LogP contribution in [-0.4, -0.2) is 34.8 Å². The van der Waals surface area contributed by atoms with Crippen molar-refractivity contribution >= 4 is 46.9 Å². The summed E-state index contributed by atoms with van der Waals surface area (Å²) in [6.45, 7) is 1.34. The molecule has 0 aromatic heterocycles. The number of amides is 4. The molecule has 0 spiro atoms. The number of hydrogen-bond acceptors (Lipinski definition) is 4. The van der Waals surface area contributed by atoms with Gasteiger partial charge in [0.05, 0.1) is 5.69 Å². The first-order valence-electron chi connectivity index (χ1n) is 10.8. The molecule has 0 aliphatic carbocycles. The number of rotatable bonds is 8. The third-order valence-corrected chi connectivity index (χ3v) is 6.94. The van der Waals surface area contributed by atoms with Gasteiger partial charge in [0.2, 0.25) is 5.91 Å². The Labute approximate surface area is 207 Å². The molecule has 8 heteroatoms. The van der Waals surface area contributed by atoms with E-state index in [1.807, 2.05) is 60.7 Å². The first kappa shape index (κ1) is 23.9. The molecule has 1 heterocycles. The average Bonchev–Trinajstić information content (AvgIpc) is 3.04. The van der Waals surface area contributed by atoms with E-state index in [1.54, 1.807) is 25.1 Å². The lowest BCUT2D eigenvalue weighted by Crippen LogP contribution is -2.45. The van der Waals surface area contributed by atoms with Crippen LogP contribution < -0.4 is 10.6 Å². The van der Waals surface area contributed by atoms with Crippen molar-refractivity contribution in [2.24, 2.45) is 0 Å². The Morgan fingerprint density at radius 2 is 1.68 bits per heavy atom. The number of anilines is 1. The Morgan fingerprint density at radius 1 is 1.00 bits per heavy atom. The quantitative estimate of drug-likeness (QED) is 0.413. The zero-order valence-corrected chi connectivity index (χ0v) is 20.2. The van der Waals surface area contributed by atoms with E-state index in [2.05, 4.69) is 10.6 Å². The molecule has 3 aromatic rings. The first-order valence-corrected chi connectivity index (χ1v) is 12.0. The van der Waals surface area contributed by atoms with Gasteiger partial charge in [-0.05, 0) is 61.7 Å². The van der Waals surface area contributed by atoms with E-state index in [1.165, 1.54) is 11.8 Å². The normalized spacial score (nSPS) is 17.5. The Balaban J connectivity index is 1.40. The van der Waals surface area contributed by atoms with Gasteiger partial charge < -0.3 is 10.6 Å². The second kappa shape index (κ2) is 10.3. The molecule has 34 heavy (non-hydrogen) atoms. The molecule has 0 saturated carbocycles. The summed E-state index contributed by atoms with van der Waals surface area (Å²) in [5.41, 5.74) is 0.637. The number of nitrogens with zero attached hydrogens (tertiary/aromatic N) is 1. The van der Waals surface area contributed by atoms with Gasteiger partial charge in [0, 0.05) is 14.8 Å². The third-order valence-electron chi connectivity index (χ3n) is 5.61. The summed E-state index contributed by atoms with van der Waals surface area (Å²) in [5.74, 6) is -0.840. The molecule has 0 bridgehead atoms. The lowest BCUT2D eigenvalue weighted by atomic mass is 9.93. The lowest BCUT2D eigenvalue weighted by Gasteiger charge is -2.21. The molecule has 0 unspecified atom stereocenters. The third kappa shape index (κ3) is 5.61. The van der Waals surface area contributed by atoms with Crippen LogP contribution in [0, 0.1) is 0 Å². The number of hydrogen-bond donors (Lipinski definition) is 2. The van der Waals surface area contributed by atoms with E-state index >= 15 is 0 Å². The minimum absolute atomic E-state index is 0.356. The number of urea groups is 1. The highest BCUT2D eigenvalue weighted by Crippen LogP contribution is 2.34. The van der Waals surface area contributed by atoms with E-state index in [9.17, 15) is 14.4 Å². The van der Waals surface area contributed by atoms with Crippen LogP contribution in [0.2, 0.25) is 5.02 Å².